The summed E-state index contributed by atoms with van der Waals surface area (Å²) in [5.74, 6) is -1.35. The van der Waals surface area contributed by atoms with Crippen molar-refractivity contribution < 1.29 is 19.2 Å². The van der Waals surface area contributed by atoms with Gasteiger partial charge in [-0.25, -0.2) is 4.90 Å². The van der Waals surface area contributed by atoms with E-state index in [0.717, 1.165) is 4.90 Å². The largest absolute Gasteiger partial charge is 0.356 e. The van der Waals surface area contributed by atoms with Gasteiger partial charge in [-0.1, -0.05) is 17.7 Å². The zero-order chi connectivity index (χ0) is 17.7. The van der Waals surface area contributed by atoms with Crippen molar-refractivity contribution in [1.82, 2.24) is 10.6 Å². The SMILES string of the molecule is CC(=O)NCCCC(=O)NC1CC(=O)N(c2cccc(Cl)c2)C1=O. The minimum atomic E-state index is -0.871. The molecule has 1 aliphatic rings. The normalized spacial score (nSPS) is 17.1. The van der Waals surface area contributed by atoms with Crippen LogP contribution in [0.3, 0.4) is 0 Å². The fraction of sp³-hybridized carbons (Fsp3) is 0.375. The molecule has 1 heterocycles. The van der Waals surface area contributed by atoms with Crippen molar-refractivity contribution in [2.45, 2.75) is 32.2 Å². The number of carbonyl (C=O) groups is 4. The molecule has 0 aromatic heterocycles. The molecule has 8 heteroatoms. The van der Waals surface area contributed by atoms with E-state index in [2.05, 4.69) is 10.6 Å². The maximum absolute atomic E-state index is 12.4. The van der Waals surface area contributed by atoms with Crippen molar-refractivity contribution in [2.24, 2.45) is 0 Å². The molecule has 128 valence electrons. The molecular weight excluding hydrogens is 334 g/mol. The first-order chi connectivity index (χ1) is 11.4. The summed E-state index contributed by atoms with van der Waals surface area (Å²) >= 11 is 5.88. The van der Waals surface area contributed by atoms with Gasteiger partial charge in [-0.15, -0.1) is 0 Å². The number of anilines is 1. The van der Waals surface area contributed by atoms with Crippen LogP contribution in [-0.2, 0) is 19.2 Å². The molecule has 1 aliphatic heterocycles. The summed E-state index contributed by atoms with van der Waals surface area (Å²) in [4.78, 5) is 48.1. The smallest absolute Gasteiger partial charge is 0.256 e. The summed E-state index contributed by atoms with van der Waals surface area (Å²) in [7, 11) is 0. The van der Waals surface area contributed by atoms with Gasteiger partial charge < -0.3 is 10.6 Å². The number of rotatable bonds is 6. The Hall–Kier alpha value is -2.41. The van der Waals surface area contributed by atoms with Gasteiger partial charge in [0, 0.05) is 24.9 Å². The summed E-state index contributed by atoms with van der Waals surface area (Å²) < 4.78 is 0. The van der Waals surface area contributed by atoms with Gasteiger partial charge in [0.05, 0.1) is 12.1 Å². The van der Waals surface area contributed by atoms with E-state index < -0.39 is 11.9 Å². The summed E-state index contributed by atoms with van der Waals surface area (Å²) in [6.45, 7) is 1.78. The Morgan fingerprint density at radius 2 is 2.08 bits per heavy atom. The Morgan fingerprint density at radius 3 is 2.75 bits per heavy atom. The molecule has 0 saturated carbocycles. The van der Waals surface area contributed by atoms with E-state index in [9.17, 15) is 19.2 Å². The van der Waals surface area contributed by atoms with E-state index in [0.29, 0.717) is 23.7 Å². The third kappa shape index (κ3) is 4.55. The molecule has 2 N–H and O–H groups in total. The molecule has 1 aromatic rings. The summed E-state index contributed by atoms with van der Waals surface area (Å²) in [5.41, 5.74) is 0.389. The highest BCUT2D eigenvalue weighted by Gasteiger charge is 2.40. The molecule has 4 amide bonds. The summed E-state index contributed by atoms with van der Waals surface area (Å²) in [6.07, 6.45) is 0.538. The molecular formula is C16H18ClN3O4. The van der Waals surface area contributed by atoms with Crippen LogP contribution in [0.4, 0.5) is 5.69 Å². The zero-order valence-corrected chi connectivity index (χ0v) is 13.9. The van der Waals surface area contributed by atoms with Gasteiger partial charge in [0.25, 0.3) is 5.91 Å². The van der Waals surface area contributed by atoms with Crippen LogP contribution in [0.2, 0.25) is 5.02 Å². The number of amides is 4. The Labute approximate surface area is 144 Å². The lowest BCUT2D eigenvalue weighted by Crippen LogP contribution is -2.41. The molecule has 1 unspecified atom stereocenters. The lowest BCUT2D eigenvalue weighted by atomic mass is 10.2. The number of benzene rings is 1. The van der Waals surface area contributed by atoms with Crippen molar-refractivity contribution in [3.8, 4) is 0 Å². The van der Waals surface area contributed by atoms with Crippen LogP contribution in [0.1, 0.15) is 26.2 Å². The molecule has 1 fully saturated rings. The van der Waals surface area contributed by atoms with E-state index in [-0.39, 0.29) is 30.6 Å². The molecule has 0 radical (unpaired) electrons. The van der Waals surface area contributed by atoms with Crippen LogP contribution < -0.4 is 15.5 Å². The van der Waals surface area contributed by atoms with Crippen molar-refractivity contribution in [3.63, 3.8) is 0 Å². The second-order valence-electron chi connectivity index (χ2n) is 5.46. The highest BCUT2D eigenvalue weighted by molar-refractivity contribution is 6.31. The fourth-order valence-electron chi connectivity index (χ4n) is 2.41. The summed E-state index contributed by atoms with van der Waals surface area (Å²) in [5, 5.41) is 5.56. The van der Waals surface area contributed by atoms with Gasteiger partial charge in [0.15, 0.2) is 0 Å². The topological polar surface area (TPSA) is 95.6 Å². The van der Waals surface area contributed by atoms with Gasteiger partial charge >= 0.3 is 0 Å². The standard InChI is InChI=1S/C16H18ClN3O4/c1-10(21)18-7-3-6-14(22)19-13-9-15(23)20(16(13)24)12-5-2-4-11(17)8-12/h2,4-5,8,13H,3,6-7,9H2,1H3,(H,18,21)(H,19,22). The second-order valence-corrected chi connectivity index (χ2v) is 5.89. The van der Waals surface area contributed by atoms with Crippen LogP contribution in [0, 0.1) is 0 Å². The van der Waals surface area contributed by atoms with Crippen LogP contribution in [0.5, 0.6) is 0 Å². The van der Waals surface area contributed by atoms with Gasteiger partial charge in [-0.3, -0.25) is 19.2 Å². The minimum Gasteiger partial charge on any atom is -0.356 e. The number of halogens is 1. The molecule has 1 atom stereocenters. The first kappa shape index (κ1) is 17.9. The molecule has 7 nitrogen and oxygen atoms in total. The maximum Gasteiger partial charge on any atom is 0.256 e. The predicted octanol–water partition coefficient (Wildman–Crippen LogP) is 1.00. The minimum absolute atomic E-state index is 0.0806. The second kappa shape index (κ2) is 7.92. The first-order valence-electron chi connectivity index (χ1n) is 7.54. The maximum atomic E-state index is 12.4. The molecule has 1 aromatic carbocycles. The average Bonchev–Trinajstić information content (AvgIpc) is 2.77. The number of imide groups is 1. The first-order valence-corrected chi connectivity index (χ1v) is 7.92. The highest BCUT2D eigenvalue weighted by Crippen LogP contribution is 2.25. The molecule has 2 rings (SSSR count). The number of nitrogens with zero attached hydrogens (tertiary/aromatic N) is 1. The Balaban J connectivity index is 1.91. The zero-order valence-electron chi connectivity index (χ0n) is 13.2. The fourth-order valence-corrected chi connectivity index (χ4v) is 2.60. The number of carbonyl (C=O) groups excluding carboxylic acids is 4. The van der Waals surface area contributed by atoms with Crippen molar-refractivity contribution in [1.29, 1.82) is 0 Å². The van der Waals surface area contributed by atoms with Gasteiger partial charge in [-0.2, -0.15) is 0 Å². The van der Waals surface area contributed by atoms with Gasteiger partial charge in [-0.05, 0) is 24.6 Å². The van der Waals surface area contributed by atoms with Crippen LogP contribution >= 0.6 is 11.6 Å². The lowest BCUT2D eigenvalue weighted by molar-refractivity contribution is -0.126. The third-order valence-corrected chi connectivity index (χ3v) is 3.74. The Kier molecular flexibility index (Phi) is 5.92. The Bertz CT molecular complexity index is 677. The molecule has 0 bridgehead atoms. The van der Waals surface area contributed by atoms with Gasteiger partial charge in [0.2, 0.25) is 17.7 Å². The molecule has 0 spiro atoms. The van der Waals surface area contributed by atoms with Gasteiger partial charge in [0.1, 0.15) is 6.04 Å². The number of hydrogen-bond acceptors (Lipinski definition) is 4. The average molecular weight is 352 g/mol. The van der Waals surface area contributed by atoms with Crippen LogP contribution in [-0.4, -0.2) is 36.2 Å². The van der Waals surface area contributed by atoms with E-state index >= 15 is 0 Å². The van der Waals surface area contributed by atoms with Crippen LogP contribution in [0.15, 0.2) is 24.3 Å². The Morgan fingerprint density at radius 1 is 1.33 bits per heavy atom. The van der Waals surface area contributed by atoms with E-state index in [4.69, 9.17) is 11.6 Å². The molecule has 1 saturated heterocycles. The third-order valence-electron chi connectivity index (χ3n) is 3.50. The monoisotopic (exact) mass is 351 g/mol. The van der Waals surface area contributed by atoms with Crippen molar-refractivity contribution in [3.05, 3.63) is 29.3 Å². The van der Waals surface area contributed by atoms with Crippen LogP contribution in [0.25, 0.3) is 0 Å². The number of nitrogens with one attached hydrogen (secondary N) is 2. The van der Waals surface area contributed by atoms with E-state index in [1.807, 2.05) is 0 Å². The van der Waals surface area contributed by atoms with Crippen molar-refractivity contribution >= 4 is 40.9 Å². The quantitative estimate of drug-likeness (QED) is 0.590. The summed E-state index contributed by atoms with van der Waals surface area (Å²) in [6, 6.07) is 5.55. The lowest BCUT2D eigenvalue weighted by Gasteiger charge is -2.15. The van der Waals surface area contributed by atoms with E-state index in [1.165, 1.54) is 13.0 Å². The van der Waals surface area contributed by atoms with Crippen molar-refractivity contribution in [2.75, 3.05) is 11.4 Å². The van der Waals surface area contributed by atoms with E-state index in [1.54, 1.807) is 18.2 Å². The molecule has 0 aliphatic carbocycles. The number of hydrogen-bond donors (Lipinski definition) is 2. The molecule has 24 heavy (non-hydrogen) atoms. The predicted molar refractivity (Wildman–Crippen MR) is 88.4 cm³/mol. The highest BCUT2D eigenvalue weighted by atomic mass is 35.5.